The molecule has 1 aromatic heterocycles. The Bertz CT molecular complexity index is 964. The molecular weight excluding hydrogens is 352 g/mol. The van der Waals surface area contributed by atoms with Crippen molar-refractivity contribution in [3.63, 3.8) is 0 Å². The Morgan fingerprint density at radius 3 is 2.21 bits per heavy atom. The van der Waals surface area contributed by atoms with E-state index in [0.29, 0.717) is 24.5 Å². The summed E-state index contributed by atoms with van der Waals surface area (Å²) in [6, 6.07) is 15.2. The highest BCUT2D eigenvalue weighted by atomic mass is 16.1. The zero-order chi connectivity index (χ0) is 20.1. The molecular formula is C21H24N6O. The number of aryl methyl sites for hydroxylation is 2. The van der Waals surface area contributed by atoms with Gasteiger partial charge in [0.15, 0.2) is 0 Å². The van der Waals surface area contributed by atoms with Crippen molar-refractivity contribution < 1.29 is 4.79 Å². The Kier molecular flexibility index (Phi) is 5.74. The molecule has 0 spiro atoms. The lowest BCUT2D eigenvalue weighted by atomic mass is 10.0. The van der Waals surface area contributed by atoms with Crippen LogP contribution >= 0.6 is 0 Å². The standard InChI is InChI=1S/C21H24N6O/c1-13-9-14(2)11-16(10-13)18-12-19(27-21(23)26-18)25-8-7-24-17-5-3-15(4-6-17)20(22)28/h3-6,9-12,24H,7-8H2,1-2H3,(H2,22,28)(H3,23,25,26,27). The minimum absolute atomic E-state index is 0.231. The van der Waals surface area contributed by atoms with Crippen molar-refractivity contribution in [1.29, 1.82) is 0 Å². The number of hydrogen-bond acceptors (Lipinski definition) is 6. The number of nitrogens with one attached hydrogen (secondary N) is 2. The SMILES string of the molecule is Cc1cc(C)cc(-c2cc(NCCNc3ccc(C(N)=O)cc3)nc(N)n2)c1. The van der Waals surface area contributed by atoms with Crippen molar-refractivity contribution in [2.75, 3.05) is 29.5 Å². The average molecular weight is 376 g/mol. The van der Waals surface area contributed by atoms with Crippen LogP contribution in [0.3, 0.4) is 0 Å². The van der Waals surface area contributed by atoms with Crippen molar-refractivity contribution in [2.45, 2.75) is 13.8 Å². The number of hydrogen-bond donors (Lipinski definition) is 4. The molecule has 1 heterocycles. The molecule has 0 unspecified atom stereocenters. The lowest BCUT2D eigenvalue weighted by molar-refractivity contribution is 0.100. The molecule has 0 bridgehead atoms. The van der Waals surface area contributed by atoms with Gasteiger partial charge in [-0.2, -0.15) is 4.98 Å². The van der Waals surface area contributed by atoms with Gasteiger partial charge in [0, 0.05) is 36.0 Å². The maximum Gasteiger partial charge on any atom is 0.248 e. The fraction of sp³-hybridized carbons (Fsp3) is 0.190. The fourth-order valence-corrected chi connectivity index (χ4v) is 2.98. The van der Waals surface area contributed by atoms with Crippen LogP contribution in [0.4, 0.5) is 17.5 Å². The molecule has 0 aliphatic heterocycles. The molecule has 0 aliphatic rings. The minimum atomic E-state index is -0.436. The van der Waals surface area contributed by atoms with Crippen LogP contribution in [0.5, 0.6) is 0 Å². The van der Waals surface area contributed by atoms with Crippen molar-refractivity contribution >= 4 is 23.4 Å². The van der Waals surface area contributed by atoms with Gasteiger partial charge in [-0.1, -0.05) is 17.2 Å². The van der Waals surface area contributed by atoms with Crippen LogP contribution in [-0.4, -0.2) is 29.0 Å². The Morgan fingerprint density at radius 1 is 0.929 bits per heavy atom. The average Bonchev–Trinajstić information content (AvgIpc) is 2.64. The maximum absolute atomic E-state index is 11.1. The summed E-state index contributed by atoms with van der Waals surface area (Å²) in [7, 11) is 0. The number of nitrogen functional groups attached to an aromatic ring is 1. The van der Waals surface area contributed by atoms with Crippen molar-refractivity contribution in [3.05, 3.63) is 65.2 Å². The van der Waals surface area contributed by atoms with Gasteiger partial charge in [0.1, 0.15) is 5.82 Å². The first-order chi connectivity index (χ1) is 13.4. The van der Waals surface area contributed by atoms with Gasteiger partial charge >= 0.3 is 0 Å². The summed E-state index contributed by atoms with van der Waals surface area (Å²) in [4.78, 5) is 19.7. The fourth-order valence-electron chi connectivity index (χ4n) is 2.98. The zero-order valence-corrected chi connectivity index (χ0v) is 16.0. The quantitative estimate of drug-likeness (QED) is 0.471. The number of carbonyl (C=O) groups excluding carboxylic acids is 1. The highest BCUT2D eigenvalue weighted by molar-refractivity contribution is 5.93. The number of amides is 1. The van der Waals surface area contributed by atoms with E-state index in [1.807, 2.05) is 18.2 Å². The second-order valence-corrected chi connectivity index (χ2v) is 6.67. The van der Waals surface area contributed by atoms with Gasteiger partial charge < -0.3 is 22.1 Å². The van der Waals surface area contributed by atoms with Crippen LogP contribution in [0.25, 0.3) is 11.3 Å². The predicted molar refractivity (Wildman–Crippen MR) is 113 cm³/mol. The van der Waals surface area contributed by atoms with Crippen LogP contribution in [0.2, 0.25) is 0 Å². The smallest absolute Gasteiger partial charge is 0.248 e. The van der Waals surface area contributed by atoms with Crippen molar-refractivity contribution in [1.82, 2.24) is 9.97 Å². The lowest BCUT2D eigenvalue weighted by Gasteiger charge is -2.11. The van der Waals surface area contributed by atoms with Gasteiger partial charge in [-0.05, 0) is 50.2 Å². The van der Waals surface area contributed by atoms with E-state index in [1.165, 1.54) is 11.1 Å². The minimum Gasteiger partial charge on any atom is -0.383 e. The molecule has 1 amide bonds. The van der Waals surface area contributed by atoms with Crippen LogP contribution in [0.1, 0.15) is 21.5 Å². The van der Waals surface area contributed by atoms with E-state index >= 15 is 0 Å². The number of benzene rings is 2. The van der Waals surface area contributed by atoms with E-state index in [-0.39, 0.29) is 5.95 Å². The number of aromatic nitrogens is 2. The van der Waals surface area contributed by atoms with E-state index in [9.17, 15) is 4.79 Å². The Labute approximate surface area is 164 Å². The Morgan fingerprint density at radius 2 is 1.57 bits per heavy atom. The van der Waals surface area contributed by atoms with Crippen LogP contribution < -0.4 is 22.1 Å². The third-order valence-corrected chi connectivity index (χ3v) is 4.19. The molecule has 28 heavy (non-hydrogen) atoms. The van der Waals surface area contributed by atoms with Gasteiger partial charge in [-0.3, -0.25) is 4.79 Å². The zero-order valence-electron chi connectivity index (χ0n) is 16.0. The normalized spacial score (nSPS) is 10.5. The summed E-state index contributed by atoms with van der Waals surface area (Å²) in [6.07, 6.45) is 0. The highest BCUT2D eigenvalue weighted by Gasteiger charge is 2.06. The molecule has 0 saturated carbocycles. The largest absolute Gasteiger partial charge is 0.383 e. The van der Waals surface area contributed by atoms with E-state index in [1.54, 1.807) is 12.1 Å². The van der Waals surface area contributed by atoms with E-state index in [2.05, 4.69) is 52.6 Å². The van der Waals surface area contributed by atoms with E-state index in [0.717, 1.165) is 16.9 Å². The molecule has 3 rings (SSSR count). The van der Waals surface area contributed by atoms with Crippen LogP contribution in [0, 0.1) is 13.8 Å². The number of primary amides is 1. The summed E-state index contributed by atoms with van der Waals surface area (Å²) in [5, 5.41) is 6.52. The van der Waals surface area contributed by atoms with Gasteiger partial charge in [-0.15, -0.1) is 0 Å². The van der Waals surface area contributed by atoms with Crippen LogP contribution in [0.15, 0.2) is 48.5 Å². The molecule has 144 valence electrons. The number of rotatable bonds is 7. The first kappa shape index (κ1) is 19.2. The summed E-state index contributed by atoms with van der Waals surface area (Å²) < 4.78 is 0. The molecule has 7 heteroatoms. The van der Waals surface area contributed by atoms with Gasteiger partial charge in [0.2, 0.25) is 11.9 Å². The summed E-state index contributed by atoms with van der Waals surface area (Å²) in [6.45, 7) is 5.42. The third kappa shape index (κ3) is 4.97. The first-order valence-electron chi connectivity index (χ1n) is 9.01. The molecule has 0 atom stereocenters. The highest BCUT2D eigenvalue weighted by Crippen LogP contribution is 2.23. The van der Waals surface area contributed by atoms with E-state index in [4.69, 9.17) is 11.5 Å². The number of anilines is 3. The number of carbonyl (C=O) groups is 1. The topological polar surface area (TPSA) is 119 Å². The second kappa shape index (κ2) is 8.39. The molecule has 7 nitrogen and oxygen atoms in total. The van der Waals surface area contributed by atoms with Gasteiger partial charge in [0.05, 0.1) is 5.69 Å². The summed E-state index contributed by atoms with van der Waals surface area (Å²) >= 11 is 0. The molecule has 0 aliphatic carbocycles. The summed E-state index contributed by atoms with van der Waals surface area (Å²) in [5.74, 6) is 0.468. The lowest BCUT2D eigenvalue weighted by Crippen LogP contribution is -2.15. The summed E-state index contributed by atoms with van der Waals surface area (Å²) in [5.41, 5.74) is 16.7. The molecule has 2 aromatic carbocycles. The number of nitrogens with two attached hydrogens (primary N) is 2. The van der Waals surface area contributed by atoms with Crippen molar-refractivity contribution in [2.24, 2.45) is 5.73 Å². The Hall–Kier alpha value is -3.61. The Balaban J connectivity index is 1.61. The molecule has 0 saturated heterocycles. The third-order valence-electron chi connectivity index (χ3n) is 4.19. The molecule has 6 N–H and O–H groups in total. The second-order valence-electron chi connectivity index (χ2n) is 6.67. The molecule has 3 aromatic rings. The van der Waals surface area contributed by atoms with Crippen molar-refractivity contribution in [3.8, 4) is 11.3 Å². The molecule has 0 fully saturated rings. The van der Waals surface area contributed by atoms with E-state index < -0.39 is 5.91 Å². The van der Waals surface area contributed by atoms with Crippen LogP contribution in [-0.2, 0) is 0 Å². The van der Waals surface area contributed by atoms with Gasteiger partial charge in [-0.25, -0.2) is 4.98 Å². The number of nitrogens with zero attached hydrogens (tertiary/aromatic N) is 2. The first-order valence-corrected chi connectivity index (χ1v) is 9.01. The predicted octanol–water partition coefficient (Wildman–Crippen LogP) is 2.97. The monoisotopic (exact) mass is 376 g/mol. The maximum atomic E-state index is 11.1. The van der Waals surface area contributed by atoms with Gasteiger partial charge in [0.25, 0.3) is 0 Å². The molecule has 0 radical (unpaired) electrons.